The summed E-state index contributed by atoms with van der Waals surface area (Å²) in [6.45, 7) is 0. The van der Waals surface area contributed by atoms with E-state index in [1.54, 1.807) is 0 Å². The van der Waals surface area contributed by atoms with E-state index in [0.29, 0.717) is 16.7 Å². The van der Waals surface area contributed by atoms with Crippen LogP contribution < -0.4 is 0 Å². The van der Waals surface area contributed by atoms with Crippen LogP contribution in [0.5, 0.6) is 0 Å². The summed E-state index contributed by atoms with van der Waals surface area (Å²) in [7, 11) is 0. The van der Waals surface area contributed by atoms with E-state index in [2.05, 4.69) is 71.3 Å². The molecule has 2 aromatic heterocycles. The second kappa shape index (κ2) is 11.0. The van der Waals surface area contributed by atoms with Crippen LogP contribution in [0, 0.1) is 39.9 Å². The van der Waals surface area contributed by atoms with Crippen molar-refractivity contribution < 1.29 is 9.15 Å². The molecule has 0 spiro atoms. The predicted molar refractivity (Wildman–Crippen MR) is 197 cm³/mol. The van der Waals surface area contributed by atoms with E-state index in [0.717, 1.165) is 90.7 Å². The van der Waals surface area contributed by atoms with Crippen LogP contribution in [0.25, 0.3) is 60.9 Å². The van der Waals surface area contributed by atoms with Crippen molar-refractivity contribution in [2.45, 2.75) is 18.9 Å². The van der Waals surface area contributed by atoms with Gasteiger partial charge in [-0.15, -0.1) is 0 Å². The minimum atomic E-state index is -0.0978. The van der Waals surface area contributed by atoms with Gasteiger partial charge in [-0.2, -0.15) is 15.8 Å². The first-order chi connectivity index (χ1) is 25.1. The van der Waals surface area contributed by atoms with Crippen molar-refractivity contribution in [3.05, 3.63) is 161 Å². The van der Waals surface area contributed by atoms with Crippen molar-refractivity contribution in [2.75, 3.05) is 0 Å². The van der Waals surface area contributed by atoms with Crippen LogP contribution >= 0.6 is 0 Å². The molecule has 0 amide bonds. The fraction of sp³-hybridized carbons (Fsp3) is 0.0889. The number of nitrogens with zero attached hydrogens (tertiary/aromatic N) is 4. The highest BCUT2D eigenvalue weighted by Gasteiger charge is 2.41. The average Bonchev–Trinajstić information content (AvgIpc) is 3.86. The Balaban J connectivity index is 1.10. The van der Waals surface area contributed by atoms with Gasteiger partial charge in [-0.05, 0) is 95.8 Å². The Bertz CT molecular complexity index is 2890. The van der Waals surface area contributed by atoms with Gasteiger partial charge >= 0.3 is 0 Å². The molecule has 2 aliphatic carbocycles. The minimum absolute atomic E-state index is 0.0978. The number of aromatic nitrogens is 1. The molecule has 0 saturated heterocycles. The number of hydrogen-bond donors (Lipinski definition) is 0. The van der Waals surface area contributed by atoms with Gasteiger partial charge in [-0.3, -0.25) is 0 Å². The summed E-state index contributed by atoms with van der Waals surface area (Å²) in [6, 6.07) is 40.7. The van der Waals surface area contributed by atoms with Gasteiger partial charge in [0.1, 0.15) is 17.8 Å². The molecule has 3 heterocycles. The quantitative estimate of drug-likeness (QED) is 0.189. The molecule has 0 radical (unpaired) electrons. The molecule has 6 nitrogen and oxygen atoms in total. The standard InChI is InChI=1S/C45H26N4O2/c46-23-26-5-3-6-28(19-26)29-12-17-41-37(21-29)34-14-15-35-38-22-30(13-18-42(38)51-45(35)44(34)50-41)32-9-4-7-31(25-48)43(32)49-39-10-2-1-8-33(39)36-20-27(24-47)11-16-40(36)49/h1-13,16-22,37,41H,14-15H2. The Morgan fingerprint density at radius 2 is 1.53 bits per heavy atom. The number of para-hydroxylation sites is 2. The lowest BCUT2D eigenvalue weighted by atomic mass is 9.81. The number of aryl methyl sites for hydroxylation is 1. The Morgan fingerprint density at radius 3 is 2.41 bits per heavy atom. The molecule has 3 aliphatic rings. The first-order valence-electron chi connectivity index (χ1n) is 17.0. The van der Waals surface area contributed by atoms with Crippen LogP contribution in [0.4, 0.5) is 0 Å². The van der Waals surface area contributed by atoms with Gasteiger partial charge in [-0.1, -0.05) is 60.7 Å². The summed E-state index contributed by atoms with van der Waals surface area (Å²) in [4.78, 5) is 0. The molecular formula is C45H26N4O2. The SMILES string of the molecule is N#Cc1cccc(C2=CC3C4=C(OC3C=C2)c2oc3ccc(-c5cccc(C#N)c5-n5c6ccccc6c6cc(C#N)ccc65)cc3c2CC4)c1. The number of fused-ring (bicyclic) bond motifs is 9. The third-order valence-corrected chi connectivity index (χ3v) is 10.6. The fourth-order valence-electron chi connectivity index (χ4n) is 8.28. The highest BCUT2D eigenvalue weighted by Crippen LogP contribution is 2.50. The number of allylic oxidation sites excluding steroid dienone is 2. The molecule has 0 N–H and O–H groups in total. The largest absolute Gasteiger partial charge is 0.481 e. The van der Waals surface area contributed by atoms with Gasteiger partial charge in [0, 0.05) is 33.2 Å². The van der Waals surface area contributed by atoms with E-state index in [9.17, 15) is 15.8 Å². The van der Waals surface area contributed by atoms with Gasteiger partial charge in [-0.25, -0.2) is 0 Å². The Labute approximate surface area is 293 Å². The fourth-order valence-corrected chi connectivity index (χ4v) is 8.28. The maximum Gasteiger partial charge on any atom is 0.173 e. The highest BCUT2D eigenvalue weighted by atomic mass is 16.5. The number of nitriles is 3. The lowest BCUT2D eigenvalue weighted by Gasteiger charge is -2.20. The number of ether oxygens (including phenoxy) is 1. The topological polar surface area (TPSA) is 98.7 Å². The minimum Gasteiger partial charge on any atom is -0.481 e. The summed E-state index contributed by atoms with van der Waals surface area (Å²) in [5, 5.41) is 32.6. The average molecular weight is 655 g/mol. The van der Waals surface area contributed by atoms with Crippen molar-refractivity contribution in [3.8, 4) is 35.0 Å². The van der Waals surface area contributed by atoms with Gasteiger partial charge in [0.2, 0.25) is 0 Å². The third-order valence-electron chi connectivity index (χ3n) is 10.6. The lowest BCUT2D eigenvalue weighted by Crippen LogP contribution is -2.17. The molecule has 7 aromatic rings. The maximum absolute atomic E-state index is 10.4. The van der Waals surface area contributed by atoms with Crippen LogP contribution in [-0.4, -0.2) is 10.7 Å². The van der Waals surface area contributed by atoms with E-state index in [1.165, 1.54) is 5.57 Å². The molecule has 0 saturated carbocycles. The van der Waals surface area contributed by atoms with Crippen molar-refractivity contribution in [3.63, 3.8) is 0 Å². The van der Waals surface area contributed by atoms with Gasteiger partial charge in [0.05, 0.1) is 45.5 Å². The van der Waals surface area contributed by atoms with Crippen LogP contribution in [0.1, 0.15) is 40.0 Å². The van der Waals surface area contributed by atoms with E-state index in [4.69, 9.17) is 9.15 Å². The first kappa shape index (κ1) is 28.9. The molecule has 6 heteroatoms. The smallest absolute Gasteiger partial charge is 0.173 e. The summed E-state index contributed by atoms with van der Waals surface area (Å²) in [5.74, 6) is 1.75. The molecular weight excluding hydrogens is 629 g/mol. The molecule has 51 heavy (non-hydrogen) atoms. The van der Waals surface area contributed by atoms with Crippen LogP contribution in [-0.2, 0) is 11.2 Å². The van der Waals surface area contributed by atoms with E-state index in [-0.39, 0.29) is 12.0 Å². The second-order valence-corrected chi connectivity index (χ2v) is 13.3. The van der Waals surface area contributed by atoms with Gasteiger partial charge < -0.3 is 13.7 Å². The Morgan fingerprint density at radius 1 is 0.686 bits per heavy atom. The normalized spacial score (nSPS) is 17.3. The molecule has 0 fully saturated rings. The zero-order valence-corrected chi connectivity index (χ0v) is 27.2. The van der Waals surface area contributed by atoms with Crippen LogP contribution in [0.15, 0.2) is 131 Å². The lowest BCUT2D eigenvalue weighted by molar-refractivity contribution is 0.208. The Hall–Kier alpha value is -7.07. The zero-order chi connectivity index (χ0) is 34.2. The number of rotatable bonds is 3. The van der Waals surface area contributed by atoms with Crippen LogP contribution in [0.3, 0.4) is 0 Å². The highest BCUT2D eigenvalue weighted by molar-refractivity contribution is 6.10. The summed E-state index contributed by atoms with van der Waals surface area (Å²) >= 11 is 0. The predicted octanol–water partition coefficient (Wildman–Crippen LogP) is 10.1. The number of hydrogen-bond acceptors (Lipinski definition) is 5. The van der Waals surface area contributed by atoms with Gasteiger partial charge in [0.25, 0.3) is 0 Å². The monoisotopic (exact) mass is 654 g/mol. The molecule has 5 aromatic carbocycles. The van der Waals surface area contributed by atoms with Crippen LogP contribution in [0.2, 0.25) is 0 Å². The molecule has 2 atom stereocenters. The molecule has 2 unspecified atom stereocenters. The number of furan rings is 1. The van der Waals surface area contributed by atoms with Crippen molar-refractivity contribution in [1.82, 2.24) is 4.57 Å². The molecule has 10 rings (SSSR count). The zero-order valence-electron chi connectivity index (χ0n) is 27.2. The summed E-state index contributed by atoms with van der Waals surface area (Å²) in [6.07, 6.45) is 8.08. The summed E-state index contributed by atoms with van der Waals surface area (Å²) < 4.78 is 15.3. The van der Waals surface area contributed by atoms with E-state index < -0.39 is 0 Å². The van der Waals surface area contributed by atoms with Crippen molar-refractivity contribution in [1.29, 1.82) is 15.8 Å². The Kier molecular flexibility index (Phi) is 6.22. The molecule has 1 aliphatic heterocycles. The molecule has 0 bridgehead atoms. The van der Waals surface area contributed by atoms with E-state index >= 15 is 0 Å². The first-order valence-corrected chi connectivity index (χ1v) is 17.0. The second-order valence-electron chi connectivity index (χ2n) is 13.3. The maximum atomic E-state index is 10.4. The van der Waals surface area contributed by atoms with Gasteiger partial charge in [0.15, 0.2) is 11.5 Å². The molecule has 238 valence electrons. The van der Waals surface area contributed by atoms with Crippen molar-refractivity contribution in [2.24, 2.45) is 5.92 Å². The third kappa shape index (κ3) is 4.26. The van der Waals surface area contributed by atoms with Crippen molar-refractivity contribution >= 4 is 44.1 Å². The summed E-state index contributed by atoms with van der Waals surface area (Å²) in [5.41, 5.74) is 11.7. The number of benzene rings is 5. The van der Waals surface area contributed by atoms with E-state index in [1.807, 2.05) is 72.8 Å².